The first kappa shape index (κ1) is 18.5. The van der Waals surface area contributed by atoms with E-state index in [-0.39, 0.29) is 5.82 Å². The number of fused-ring (bicyclic) bond motifs is 2. The van der Waals surface area contributed by atoms with Gasteiger partial charge in [-0.2, -0.15) is 0 Å². The Kier molecular flexibility index (Phi) is 5.17. The molecule has 1 aliphatic heterocycles. The number of allylic oxidation sites excluding steroid dienone is 5. The molecule has 2 aromatic rings. The molecular weight excluding hydrogens is 359 g/mol. The molecule has 0 radical (unpaired) electrons. The van der Waals surface area contributed by atoms with Gasteiger partial charge in [0, 0.05) is 32.7 Å². The standard InChI is InChI=1S/C26H27FN2/c27-22-12-9-20(10-13-22)19-28-15-17-29(18-16-28)26-14-11-21-5-1-2-6-23(21)24-7-3-4-8-25(24)26/h1,3-5,7-14,26H,2,6,15-19H2. The summed E-state index contributed by atoms with van der Waals surface area (Å²) >= 11 is 0. The normalized spacial score (nSPS) is 22.3. The minimum absolute atomic E-state index is 0.163. The third-order valence-corrected chi connectivity index (χ3v) is 6.39. The van der Waals surface area contributed by atoms with Gasteiger partial charge in [-0.3, -0.25) is 9.80 Å². The monoisotopic (exact) mass is 386 g/mol. The smallest absolute Gasteiger partial charge is 0.123 e. The maximum atomic E-state index is 13.2. The molecule has 2 aromatic carbocycles. The highest BCUT2D eigenvalue weighted by Crippen LogP contribution is 2.39. The largest absolute Gasteiger partial charge is 0.297 e. The van der Waals surface area contributed by atoms with Crippen LogP contribution in [0.2, 0.25) is 0 Å². The fourth-order valence-corrected chi connectivity index (χ4v) is 4.82. The van der Waals surface area contributed by atoms with Crippen molar-refractivity contribution >= 4 is 5.57 Å². The fraction of sp³-hybridized carbons (Fsp3) is 0.308. The first-order valence-corrected chi connectivity index (χ1v) is 10.7. The average molecular weight is 387 g/mol. The molecule has 0 N–H and O–H groups in total. The van der Waals surface area contributed by atoms with Crippen molar-refractivity contribution in [2.24, 2.45) is 0 Å². The van der Waals surface area contributed by atoms with Crippen molar-refractivity contribution in [1.82, 2.24) is 9.80 Å². The van der Waals surface area contributed by atoms with E-state index in [1.165, 1.54) is 27.8 Å². The Morgan fingerprint density at radius 2 is 1.69 bits per heavy atom. The van der Waals surface area contributed by atoms with Crippen molar-refractivity contribution < 1.29 is 4.39 Å². The summed E-state index contributed by atoms with van der Waals surface area (Å²) in [6, 6.07) is 16.2. The highest BCUT2D eigenvalue weighted by Gasteiger charge is 2.27. The van der Waals surface area contributed by atoms with Gasteiger partial charge in [0.1, 0.15) is 5.82 Å². The number of rotatable bonds is 3. The van der Waals surface area contributed by atoms with Gasteiger partial charge in [-0.25, -0.2) is 4.39 Å². The van der Waals surface area contributed by atoms with E-state index in [1.54, 1.807) is 12.1 Å². The van der Waals surface area contributed by atoms with Crippen molar-refractivity contribution in [3.63, 3.8) is 0 Å². The molecule has 3 heteroatoms. The molecule has 1 atom stereocenters. The Hall–Kier alpha value is -2.49. The van der Waals surface area contributed by atoms with Crippen LogP contribution in [0.15, 0.2) is 78.4 Å². The van der Waals surface area contributed by atoms with E-state index in [2.05, 4.69) is 58.4 Å². The molecular formula is C26H27FN2. The average Bonchev–Trinajstić information content (AvgIpc) is 2.93. The second kappa shape index (κ2) is 8.10. The fourth-order valence-electron chi connectivity index (χ4n) is 4.82. The topological polar surface area (TPSA) is 6.48 Å². The maximum absolute atomic E-state index is 13.2. The summed E-state index contributed by atoms with van der Waals surface area (Å²) in [5.41, 5.74) is 6.92. The van der Waals surface area contributed by atoms with Gasteiger partial charge < -0.3 is 0 Å². The predicted molar refractivity (Wildman–Crippen MR) is 117 cm³/mol. The molecule has 0 bridgehead atoms. The molecule has 1 unspecified atom stereocenters. The molecule has 1 saturated heterocycles. The Morgan fingerprint density at radius 1 is 0.897 bits per heavy atom. The van der Waals surface area contributed by atoms with Crippen molar-refractivity contribution in [2.45, 2.75) is 25.4 Å². The number of piperazine rings is 1. The van der Waals surface area contributed by atoms with Crippen LogP contribution in [0.3, 0.4) is 0 Å². The van der Waals surface area contributed by atoms with Crippen LogP contribution in [0, 0.1) is 5.82 Å². The van der Waals surface area contributed by atoms with Crippen LogP contribution in [0.25, 0.3) is 5.57 Å². The van der Waals surface area contributed by atoms with Gasteiger partial charge >= 0.3 is 0 Å². The SMILES string of the molecule is Fc1ccc(CN2CCN(C3C=CC4=C(CCC=C4)c4ccccc43)CC2)cc1. The van der Waals surface area contributed by atoms with Gasteiger partial charge in [-0.15, -0.1) is 0 Å². The lowest BCUT2D eigenvalue weighted by atomic mass is 9.89. The van der Waals surface area contributed by atoms with E-state index in [4.69, 9.17) is 0 Å². The van der Waals surface area contributed by atoms with E-state index >= 15 is 0 Å². The minimum atomic E-state index is -0.163. The summed E-state index contributed by atoms with van der Waals surface area (Å²) in [4.78, 5) is 5.08. The summed E-state index contributed by atoms with van der Waals surface area (Å²) < 4.78 is 13.2. The molecule has 0 spiro atoms. The number of nitrogens with zero attached hydrogens (tertiary/aromatic N) is 2. The van der Waals surface area contributed by atoms with Crippen molar-refractivity contribution in [1.29, 1.82) is 0 Å². The zero-order valence-corrected chi connectivity index (χ0v) is 16.7. The molecule has 0 saturated carbocycles. The van der Waals surface area contributed by atoms with Gasteiger partial charge in [0.25, 0.3) is 0 Å². The summed E-state index contributed by atoms with van der Waals surface area (Å²) in [5.74, 6) is -0.163. The number of benzene rings is 2. The summed E-state index contributed by atoms with van der Waals surface area (Å²) in [7, 11) is 0. The summed E-state index contributed by atoms with van der Waals surface area (Å²) in [6.07, 6.45) is 11.6. The van der Waals surface area contributed by atoms with Gasteiger partial charge in [0.05, 0.1) is 6.04 Å². The number of halogens is 1. The van der Waals surface area contributed by atoms with Crippen LogP contribution < -0.4 is 0 Å². The predicted octanol–water partition coefficient (Wildman–Crippen LogP) is 5.36. The molecule has 29 heavy (non-hydrogen) atoms. The van der Waals surface area contributed by atoms with Crippen LogP contribution in [0.1, 0.15) is 35.6 Å². The Balaban J connectivity index is 1.32. The van der Waals surface area contributed by atoms with Gasteiger partial charge in [-0.05, 0) is 52.8 Å². The number of hydrogen-bond donors (Lipinski definition) is 0. The first-order valence-electron chi connectivity index (χ1n) is 10.7. The van der Waals surface area contributed by atoms with Gasteiger partial charge in [0.15, 0.2) is 0 Å². The van der Waals surface area contributed by atoms with Crippen molar-refractivity contribution in [3.8, 4) is 0 Å². The van der Waals surface area contributed by atoms with Crippen LogP contribution in [-0.4, -0.2) is 36.0 Å². The molecule has 1 heterocycles. The lowest BCUT2D eigenvalue weighted by molar-refractivity contribution is 0.107. The van der Waals surface area contributed by atoms with E-state index in [9.17, 15) is 4.39 Å². The summed E-state index contributed by atoms with van der Waals surface area (Å²) in [5, 5.41) is 0. The Labute approximate surface area is 172 Å². The zero-order chi connectivity index (χ0) is 19.6. The molecule has 2 nitrogen and oxygen atoms in total. The van der Waals surface area contributed by atoms with Crippen LogP contribution >= 0.6 is 0 Å². The molecule has 5 rings (SSSR count). The van der Waals surface area contributed by atoms with Crippen LogP contribution in [0.5, 0.6) is 0 Å². The molecule has 3 aliphatic rings. The quantitative estimate of drug-likeness (QED) is 0.701. The number of hydrogen-bond acceptors (Lipinski definition) is 2. The molecule has 2 aliphatic carbocycles. The van der Waals surface area contributed by atoms with Crippen LogP contribution in [0.4, 0.5) is 4.39 Å². The van der Waals surface area contributed by atoms with Gasteiger partial charge in [0.2, 0.25) is 0 Å². The first-order chi connectivity index (χ1) is 14.3. The van der Waals surface area contributed by atoms with Gasteiger partial charge in [-0.1, -0.05) is 60.7 Å². The van der Waals surface area contributed by atoms with Crippen molar-refractivity contribution in [2.75, 3.05) is 26.2 Å². The third kappa shape index (κ3) is 3.85. The van der Waals surface area contributed by atoms with E-state index in [1.807, 2.05) is 12.1 Å². The molecule has 0 amide bonds. The zero-order valence-electron chi connectivity index (χ0n) is 16.7. The second-order valence-corrected chi connectivity index (χ2v) is 8.20. The molecule has 148 valence electrons. The Morgan fingerprint density at radius 3 is 2.52 bits per heavy atom. The Bertz CT molecular complexity index is 962. The molecule has 0 aromatic heterocycles. The summed E-state index contributed by atoms with van der Waals surface area (Å²) in [6.45, 7) is 5.07. The molecule has 1 fully saturated rings. The lowest BCUT2D eigenvalue weighted by Crippen LogP contribution is -2.46. The van der Waals surface area contributed by atoms with Crippen LogP contribution in [-0.2, 0) is 6.54 Å². The highest BCUT2D eigenvalue weighted by molar-refractivity contribution is 5.78. The second-order valence-electron chi connectivity index (χ2n) is 8.20. The highest BCUT2D eigenvalue weighted by atomic mass is 19.1. The van der Waals surface area contributed by atoms with Crippen molar-refractivity contribution in [3.05, 3.63) is 101 Å². The van der Waals surface area contributed by atoms with E-state index < -0.39 is 0 Å². The minimum Gasteiger partial charge on any atom is -0.297 e. The van der Waals surface area contributed by atoms with E-state index in [0.29, 0.717) is 6.04 Å². The van der Waals surface area contributed by atoms with E-state index in [0.717, 1.165) is 45.6 Å². The third-order valence-electron chi connectivity index (χ3n) is 6.39. The maximum Gasteiger partial charge on any atom is 0.123 e. The lowest BCUT2D eigenvalue weighted by Gasteiger charge is -2.39.